The zero-order valence-electron chi connectivity index (χ0n) is 21.8. The number of piperidine rings is 1. The molecule has 1 fully saturated rings. The van der Waals surface area contributed by atoms with E-state index in [1.165, 1.54) is 7.11 Å². The molecule has 2 N–H and O–H groups in total. The van der Waals surface area contributed by atoms with E-state index in [9.17, 15) is 9.59 Å². The van der Waals surface area contributed by atoms with Gasteiger partial charge in [-0.2, -0.15) is 0 Å². The van der Waals surface area contributed by atoms with Crippen LogP contribution in [0.25, 0.3) is 0 Å². The average molecular weight is 482 g/mol. The van der Waals surface area contributed by atoms with Crippen LogP contribution in [-0.2, 0) is 21.5 Å². The number of aromatic nitrogens is 2. The molecule has 1 aromatic heterocycles. The Balaban J connectivity index is 1.93. The van der Waals surface area contributed by atoms with E-state index in [1.807, 2.05) is 35.2 Å². The lowest BCUT2D eigenvalue weighted by Crippen LogP contribution is -2.53. The number of ether oxygens (including phenoxy) is 1. The maximum absolute atomic E-state index is 14.0. The molecule has 3 rings (SSSR count). The number of benzene rings is 1. The third kappa shape index (κ3) is 7.01. The first-order valence-corrected chi connectivity index (χ1v) is 12.3. The molecule has 0 saturated carbocycles. The summed E-state index contributed by atoms with van der Waals surface area (Å²) in [4.78, 5) is 37.4. The molecule has 35 heavy (non-hydrogen) atoms. The van der Waals surface area contributed by atoms with E-state index >= 15 is 0 Å². The van der Waals surface area contributed by atoms with E-state index in [4.69, 9.17) is 9.72 Å². The molecule has 0 spiro atoms. The predicted molar refractivity (Wildman–Crippen MR) is 137 cm³/mol. The Kier molecular flexibility index (Phi) is 8.83. The minimum Gasteiger partial charge on any atom is -0.469 e. The number of methoxy groups -OCH3 is 1. The molecule has 190 valence electrons. The van der Waals surface area contributed by atoms with Crippen LogP contribution in [0.3, 0.4) is 0 Å². The van der Waals surface area contributed by atoms with Crippen molar-refractivity contribution >= 4 is 17.7 Å². The lowest BCUT2D eigenvalue weighted by molar-refractivity contribution is -0.146. The Morgan fingerprint density at radius 2 is 1.91 bits per heavy atom. The molecule has 0 radical (unpaired) electrons. The van der Waals surface area contributed by atoms with Gasteiger partial charge in [0.05, 0.1) is 13.0 Å². The number of amides is 1. The van der Waals surface area contributed by atoms with Crippen LogP contribution < -0.4 is 10.6 Å². The summed E-state index contributed by atoms with van der Waals surface area (Å²) < 4.78 is 4.97. The molecule has 8 nitrogen and oxygen atoms in total. The Labute approximate surface area is 208 Å². The minimum absolute atomic E-state index is 0.132. The fourth-order valence-corrected chi connectivity index (χ4v) is 4.26. The van der Waals surface area contributed by atoms with Crippen molar-refractivity contribution in [3.8, 4) is 0 Å². The van der Waals surface area contributed by atoms with Crippen molar-refractivity contribution in [1.29, 1.82) is 0 Å². The van der Waals surface area contributed by atoms with Crippen molar-refractivity contribution in [2.24, 2.45) is 11.8 Å². The quantitative estimate of drug-likeness (QED) is 0.556. The highest BCUT2D eigenvalue weighted by Gasteiger charge is 2.35. The van der Waals surface area contributed by atoms with Gasteiger partial charge < -0.3 is 20.3 Å². The van der Waals surface area contributed by atoms with Crippen molar-refractivity contribution in [3.05, 3.63) is 53.5 Å². The molecule has 8 heteroatoms. The second-order valence-corrected chi connectivity index (χ2v) is 10.7. The standard InChI is InChI=1S/C27H39N5O3/c1-18(2)17-32(21-12-20(14-28-15-21)25(34)35-6)24(33)22-16-30-26(27(3,4)5)31-23(22)29-13-19-10-8-7-9-11-19/h7-11,16,18,20-21,28H,12-15,17H2,1-6H3,(H,29,30,31)/t20-,21?/m1/s1. The highest BCUT2D eigenvalue weighted by atomic mass is 16.5. The molecule has 1 aliphatic rings. The molecule has 2 atom stereocenters. The van der Waals surface area contributed by atoms with Crippen LogP contribution in [0.1, 0.15) is 62.8 Å². The molecule has 1 amide bonds. The number of carbonyl (C=O) groups excluding carboxylic acids is 2. The first kappa shape index (κ1) is 26.6. The Bertz CT molecular complexity index is 1000. The van der Waals surface area contributed by atoms with Crippen LogP contribution in [0.5, 0.6) is 0 Å². The van der Waals surface area contributed by atoms with Gasteiger partial charge in [0.15, 0.2) is 0 Å². The topological polar surface area (TPSA) is 96.5 Å². The summed E-state index contributed by atoms with van der Waals surface area (Å²) in [5, 5.41) is 6.69. The third-order valence-electron chi connectivity index (χ3n) is 6.12. The van der Waals surface area contributed by atoms with E-state index < -0.39 is 0 Å². The average Bonchev–Trinajstić information content (AvgIpc) is 2.85. The number of rotatable bonds is 8. The highest BCUT2D eigenvalue weighted by Crippen LogP contribution is 2.26. The van der Waals surface area contributed by atoms with Gasteiger partial charge in [-0.1, -0.05) is 65.0 Å². The van der Waals surface area contributed by atoms with Crippen LogP contribution in [0.4, 0.5) is 5.82 Å². The summed E-state index contributed by atoms with van der Waals surface area (Å²) in [6.45, 7) is 12.6. The third-order valence-corrected chi connectivity index (χ3v) is 6.12. The molecule has 0 bridgehead atoms. The van der Waals surface area contributed by atoms with Crippen molar-refractivity contribution in [2.75, 3.05) is 32.1 Å². The zero-order valence-corrected chi connectivity index (χ0v) is 21.8. The summed E-state index contributed by atoms with van der Waals surface area (Å²) >= 11 is 0. The fourth-order valence-electron chi connectivity index (χ4n) is 4.26. The summed E-state index contributed by atoms with van der Waals surface area (Å²) in [5.74, 6) is 0.796. The number of nitrogens with one attached hydrogen (secondary N) is 2. The Morgan fingerprint density at radius 1 is 1.20 bits per heavy atom. The molecule has 0 aliphatic carbocycles. The molecule has 1 aliphatic heterocycles. The van der Waals surface area contributed by atoms with Gasteiger partial charge in [0.2, 0.25) is 0 Å². The van der Waals surface area contributed by atoms with E-state index in [0.29, 0.717) is 49.8 Å². The Hall–Kier alpha value is -3.00. The largest absolute Gasteiger partial charge is 0.469 e. The number of carbonyl (C=O) groups is 2. The maximum Gasteiger partial charge on any atom is 0.310 e. The lowest BCUT2D eigenvalue weighted by Gasteiger charge is -2.38. The second kappa shape index (κ2) is 11.6. The van der Waals surface area contributed by atoms with Gasteiger partial charge in [-0.15, -0.1) is 0 Å². The lowest BCUT2D eigenvalue weighted by atomic mass is 9.93. The van der Waals surface area contributed by atoms with Gasteiger partial charge in [-0.25, -0.2) is 9.97 Å². The van der Waals surface area contributed by atoms with Gasteiger partial charge in [0.25, 0.3) is 5.91 Å². The first-order valence-electron chi connectivity index (χ1n) is 12.3. The summed E-state index contributed by atoms with van der Waals surface area (Å²) in [5.41, 5.74) is 1.27. The highest BCUT2D eigenvalue weighted by molar-refractivity contribution is 5.98. The summed E-state index contributed by atoms with van der Waals surface area (Å²) in [7, 11) is 1.40. The van der Waals surface area contributed by atoms with Gasteiger partial charge in [-0.05, 0) is 17.9 Å². The normalized spacial score (nSPS) is 18.3. The number of nitrogens with zero attached hydrogens (tertiary/aromatic N) is 3. The second-order valence-electron chi connectivity index (χ2n) is 10.7. The van der Waals surface area contributed by atoms with Crippen LogP contribution in [0, 0.1) is 11.8 Å². The minimum atomic E-state index is -0.281. The number of esters is 1. The summed E-state index contributed by atoms with van der Waals surface area (Å²) in [6.07, 6.45) is 2.20. The van der Waals surface area contributed by atoms with E-state index in [-0.39, 0.29) is 35.2 Å². The molecular formula is C27H39N5O3. The van der Waals surface area contributed by atoms with E-state index in [0.717, 1.165) is 5.56 Å². The SMILES string of the molecule is COC(=O)[C@H]1CNCC(N(CC(C)C)C(=O)c2cnc(C(C)(C)C)nc2NCc2ccccc2)C1. The van der Waals surface area contributed by atoms with Crippen LogP contribution in [0.15, 0.2) is 36.5 Å². The molecule has 2 heterocycles. The van der Waals surface area contributed by atoms with Crippen molar-refractivity contribution in [3.63, 3.8) is 0 Å². The van der Waals surface area contributed by atoms with Gasteiger partial charge >= 0.3 is 5.97 Å². The van der Waals surface area contributed by atoms with Crippen molar-refractivity contribution in [2.45, 2.75) is 59.0 Å². The van der Waals surface area contributed by atoms with Gasteiger partial charge in [0, 0.05) is 43.8 Å². The van der Waals surface area contributed by atoms with Crippen LogP contribution in [0.2, 0.25) is 0 Å². The number of hydrogen-bond acceptors (Lipinski definition) is 7. The van der Waals surface area contributed by atoms with Crippen LogP contribution in [-0.4, -0.2) is 59.5 Å². The van der Waals surface area contributed by atoms with Gasteiger partial charge in [-0.3, -0.25) is 9.59 Å². The van der Waals surface area contributed by atoms with Crippen molar-refractivity contribution < 1.29 is 14.3 Å². The molecule has 1 aromatic carbocycles. The molecule has 2 aromatic rings. The predicted octanol–water partition coefficient (Wildman–Crippen LogP) is 3.64. The molecule has 1 unspecified atom stereocenters. The van der Waals surface area contributed by atoms with Crippen molar-refractivity contribution in [1.82, 2.24) is 20.2 Å². The monoisotopic (exact) mass is 481 g/mol. The zero-order chi connectivity index (χ0) is 25.6. The number of anilines is 1. The smallest absolute Gasteiger partial charge is 0.310 e. The molecule has 1 saturated heterocycles. The number of hydrogen-bond donors (Lipinski definition) is 2. The van der Waals surface area contributed by atoms with E-state index in [1.54, 1.807) is 6.20 Å². The van der Waals surface area contributed by atoms with Gasteiger partial charge in [0.1, 0.15) is 17.2 Å². The summed E-state index contributed by atoms with van der Waals surface area (Å²) in [6, 6.07) is 9.89. The van der Waals surface area contributed by atoms with Crippen LogP contribution >= 0.6 is 0 Å². The van der Waals surface area contributed by atoms with E-state index in [2.05, 4.69) is 50.2 Å². The Morgan fingerprint density at radius 3 is 2.54 bits per heavy atom. The fraction of sp³-hybridized carbons (Fsp3) is 0.556. The first-order chi connectivity index (χ1) is 16.6. The molecular weight excluding hydrogens is 442 g/mol. The maximum atomic E-state index is 14.0.